The molecular formula is C21H23Cl2NO2S. The van der Waals surface area contributed by atoms with E-state index in [4.69, 9.17) is 27.9 Å². The van der Waals surface area contributed by atoms with Crippen LogP contribution in [-0.2, 0) is 9.53 Å². The molecule has 144 valence electrons. The molecule has 2 aromatic rings. The average Bonchev–Trinajstić information content (AvgIpc) is 2.80. The van der Waals surface area contributed by atoms with Crippen molar-refractivity contribution in [3.05, 3.63) is 63.6 Å². The van der Waals surface area contributed by atoms with Gasteiger partial charge in [-0.25, -0.2) is 0 Å². The number of thioether (sulfide) groups is 1. The highest BCUT2D eigenvalue weighted by Gasteiger charge is 2.32. The molecule has 0 spiro atoms. The predicted octanol–water partition coefficient (Wildman–Crippen LogP) is 5.98. The molecule has 1 aliphatic rings. The fourth-order valence-corrected chi connectivity index (χ4v) is 5.47. The number of carbonyl (C=O) groups is 1. The molecule has 0 bridgehead atoms. The lowest BCUT2D eigenvalue weighted by Crippen LogP contribution is -2.39. The molecule has 0 amide bonds. The first-order valence-electron chi connectivity index (χ1n) is 9.04. The van der Waals surface area contributed by atoms with Crippen molar-refractivity contribution in [2.75, 3.05) is 24.3 Å². The number of nitrogens with zero attached hydrogens (tertiary/aromatic N) is 1. The number of halogens is 2. The molecule has 1 aliphatic heterocycles. The third kappa shape index (κ3) is 4.56. The van der Waals surface area contributed by atoms with Crippen LogP contribution < -0.4 is 4.90 Å². The van der Waals surface area contributed by atoms with E-state index in [0.29, 0.717) is 11.4 Å². The number of ether oxygens (including phenoxy) is 1. The van der Waals surface area contributed by atoms with Crippen molar-refractivity contribution in [1.82, 2.24) is 0 Å². The number of hydrogen-bond acceptors (Lipinski definition) is 4. The van der Waals surface area contributed by atoms with Crippen LogP contribution >= 0.6 is 35.0 Å². The lowest BCUT2D eigenvalue weighted by Gasteiger charge is -2.32. The number of esters is 1. The summed E-state index contributed by atoms with van der Waals surface area (Å²) >= 11 is 14.7. The maximum Gasteiger partial charge on any atom is 0.307 e. The van der Waals surface area contributed by atoms with E-state index in [1.807, 2.05) is 30.3 Å². The number of hydrogen-bond donors (Lipinski definition) is 0. The topological polar surface area (TPSA) is 29.5 Å². The van der Waals surface area contributed by atoms with Crippen molar-refractivity contribution in [3.8, 4) is 0 Å². The molecule has 0 fully saturated rings. The van der Waals surface area contributed by atoms with Gasteiger partial charge in [0.1, 0.15) is 0 Å². The normalized spacial score (nSPS) is 19.3. The smallest absolute Gasteiger partial charge is 0.307 e. The van der Waals surface area contributed by atoms with Crippen molar-refractivity contribution in [1.29, 1.82) is 0 Å². The second kappa shape index (κ2) is 9.22. The molecule has 6 heteroatoms. The summed E-state index contributed by atoms with van der Waals surface area (Å²) in [7, 11) is 1.44. The first-order valence-corrected chi connectivity index (χ1v) is 10.8. The fraction of sp³-hybridized carbons (Fsp3) is 0.381. The second-order valence-corrected chi connectivity index (χ2v) is 8.55. The van der Waals surface area contributed by atoms with Crippen LogP contribution in [0.4, 0.5) is 5.69 Å². The SMILES string of the molecule is CCCN1c2ccc(Cl)cc2C(c2ccccc2Cl)SCC1CC(=O)OC. The van der Waals surface area contributed by atoms with Gasteiger partial charge in [0.2, 0.25) is 0 Å². The molecule has 2 atom stereocenters. The molecule has 1 heterocycles. The lowest BCUT2D eigenvalue weighted by molar-refractivity contribution is -0.140. The minimum Gasteiger partial charge on any atom is -0.469 e. The molecule has 0 N–H and O–H groups in total. The van der Waals surface area contributed by atoms with Crippen LogP contribution in [-0.4, -0.2) is 31.4 Å². The zero-order valence-electron chi connectivity index (χ0n) is 15.5. The van der Waals surface area contributed by atoms with Crippen LogP contribution in [0.5, 0.6) is 0 Å². The van der Waals surface area contributed by atoms with Gasteiger partial charge in [-0.15, -0.1) is 11.8 Å². The zero-order valence-corrected chi connectivity index (χ0v) is 17.8. The number of fused-ring (bicyclic) bond motifs is 1. The van der Waals surface area contributed by atoms with Gasteiger partial charge >= 0.3 is 5.97 Å². The van der Waals surface area contributed by atoms with Gasteiger partial charge in [-0.2, -0.15) is 0 Å². The van der Waals surface area contributed by atoms with Gasteiger partial charge in [-0.1, -0.05) is 48.3 Å². The van der Waals surface area contributed by atoms with Crippen LogP contribution in [0.2, 0.25) is 10.0 Å². The van der Waals surface area contributed by atoms with Crippen molar-refractivity contribution >= 4 is 46.6 Å². The Morgan fingerprint density at radius 2 is 2.00 bits per heavy atom. The van der Waals surface area contributed by atoms with Gasteiger partial charge in [-0.3, -0.25) is 4.79 Å². The number of benzene rings is 2. The number of anilines is 1. The maximum absolute atomic E-state index is 12.0. The molecule has 0 aliphatic carbocycles. The highest BCUT2D eigenvalue weighted by atomic mass is 35.5. The minimum absolute atomic E-state index is 0.0643. The summed E-state index contributed by atoms with van der Waals surface area (Å²) in [5.41, 5.74) is 3.33. The molecule has 27 heavy (non-hydrogen) atoms. The molecule has 2 aromatic carbocycles. The van der Waals surface area contributed by atoms with E-state index in [2.05, 4.69) is 24.0 Å². The van der Waals surface area contributed by atoms with Gasteiger partial charge in [0.25, 0.3) is 0 Å². The first kappa shape index (κ1) is 20.4. The highest BCUT2D eigenvalue weighted by Crippen LogP contribution is 2.47. The van der Waals surface area contributed by atoms with Crippen LogP contribution in [0, 0.1) is 0 Å². The predicted molar refractivity (Wildman–Crippen MR) is 115 cm³/mol. The van der Waals surface area contributed by atoms with Crippen molar-refractivity contribution < 1.29 is 9.53 Å². The largest absolute Gasteiger partial charge is 0.469 e. The average molecular weight is 424 g/mol. The molecule has 0 radical (unpaired) electrons. The van der Waals surface area contributed by atoms with E-state index in [1.54, 1.807) is 11.8 Å². The molecule has 3 nitrogen and oxygen atoms in total. The Morgan fingerprint density at radius 1 is 1.22 bits per heavy atom. The Kier molecular flexibility index (Phi) is 6.96. The van der Waals surface area contributed by atoms with Crippen molar-refractivity contribution in [3.63, 3.8) is 0 Å². The summed E-state index contributed by atoms with van der Waals surface area (Å²) in [5, 5.41) is 1.51. The summed E-state index contributed by atoms with van der Waals surface area (Å²) < 4.78 is 4.94. The van der Waals surface area contributed by atoms with Gasteiger partial charge in [0.05, 0.1) is 18.8 Å². The highest BCUT2D eigenvalue weighted by molar-refractivity contribution is 7.99. The summed E-state index contributed by atoms with van der Waals surface area (Å²) in [6.45, 7) is 3.01. The quantitative estimate of drug-likeness (QED) is 0.553. The van der Waals surface area contributed by atoms with Gasteiger partial charge in [0, 0.05) is 34.1 Å². The van der Waals surface area contributed by atoms with Crippen LogP contribution in [0.15, 0.2) is 42.5 Å². The monoisotopic (exact) mass is 423 g/mol. The van der Waals surface area contributed by atoms with Crippen LogP contribution in [0.1, 0.15) is 36.1 Å². The van der Waals surface area contributed by atoms with E-state index in [1.165, 1.54) is 7.11 Å². The summed E-state index contributed by atoms with van der Waals surface area (Å²) in [6, 6.07) is 14.0. The zero-order chi connectivity index (χ0) is 19.4. The first-order chi connectivity index (χ1) is 13.0. The Labute approximate surface area is 175 Å². The van der Waals surface area contributed by atoms with E-state index < -0.39 is 0 Å². The summed E-state index contributed by atoms with van der Waals surface area (Å²) in [5.74, 6) is 0.616. The number of carbonyl (C=O) groups excluding carboxylic acids is 1. The van der Waals surface area contributed by atoms with E-state index in [0.717, 1.165) is 40.6 Å². The Morgan fingerprint density at radius 3 is 2.70 bits per heavy atom. The third-order valence-corrected chi connectivity index (χ3v) is 6.76. The van der Waals surface area contributed by atoms with Gasteiger partial charge in [0.15, 0.2) is 0 Å². The lowest BCUT2D eigenvalue weighted by atomic mass is 10.0. The number of rotatable bonds is 5. The molecule has 0 saturated heterocycles. The van der Waals surface area contributed by atoms with E-state index in [9.17, 15) is 4.79 Å². The molecule has 2 unspecified atom stereocenters. The van der Waals surface area contributed by atoms with Crippen molar-refractivity contribution in [2.45, 2.75) is 31.1 Å². The molecule has 3 rings (SSSR count). The van der Waals surface area contributed by atoms with Gasteiger partial charge in [-0.05, 0) is 41.8 Å². The standard InChI is InChI=1S/C21H23Cl2NO2S/c1-3-10-24-15(12-20(25)26-2)13-27-21(16-6-4-5-7-18(16)23)17-11-14(22)8-9-19(17)24/h4-9,11,15,21H,3,10,12-13H2,1-2H3. The molecule has 0 aromatic heterocycles. The Bertz CT molecular complexity index is 815. The van der Waals surface area contributed by atoms with Crippen molar-refractivity contribution in [2.24, 2.45) is 0 Å². The number of methoxy groups -OCH3 is 1. The second-order valence-electron chi connectivity index (χ2n) is 6.57. The molecule has 0 saturated carbocycles. The third-order valence-electron chi connectivity index (χ3n) is 4.76. The molecular weight excluding hydrogens is 401 g/mol. The van der Waals surface area contributed by atoms with E-state index >= 15 is 0 Å². The van der Waals surface area contributed by atoms with E-state index in [-0.39, 0.29) is 17.3 Å². The van der Waals surface area contributed by atoms with Crippen LogP contribution in [0.25, 0.3) is 0 Å². The maximum atomic E-state index is 12.0. The minimum atomic E-state index is -0.187. The fourth-order valence-electron chi connectivity index (χ4n) is 3.51. The summed E-state index contributed by atoms with van der Waals surface area (Å²) in [4.78, 5) is 14.3. The summed E-state index contributed by atoms with van der Waals surface area (Å²) in [6.07, 6.45) is 1.35. The van der Waals surface area contributed by atoms with Crippen LogP contribution in [0.3, 0.4) is 0 Å². The Hall–Kier alpha value is -1.36. The van der Waals surface area contributed by atoms with Gasteiger partial charge < -0.3 is 9.64 Å². The Balaban J connectivity index is 2.10.